The van der Waals surface area contributed by atoms with Gasteiger partial charge in [0.25, 0.3) is 11.1 Å². The van der Waals surface area contributed by atoms with Crippen molar-refractivity contribution < 1.29 is 14.4 Å². The zero-order valence-corrected chi connectivity index (χ0v) is 19.1. The molecule has 9 heteroatoms. The van der Waals surface area contributed by atoms with E-state index in [4.69, 9.17) is 0 Å². The van der Waals surface area contributed by atoms with Gasteiger partial charge in [-0.1, -0.05) is 30.3 Å². The highest BCUT2D eigenvalue weighted by atomic mass is 32.2. The maximum absolute atomic E-state index is 12.9. The number of aromatic nitrogens is 2. The maximum Gasteiger partial charge on any atom is 0.328 e. The van der Waals surface area contributed by atoms with Gasteiger partial charge in [0.05, 0.1) is 15.9 Å². The summed E-state index contributed by atoms with van der Waals surface area (Å²) in [6.07, 6.45) is 2.39. The molecule has 168 valence electrons. The zero-order valence-electron chi connectivity index (χ0n) is 18.3. The summed E-state index contributed by atoms with van der Waals surface area (Å²) in [6.45, 7) is 0.783. The molecule has 3 aromatic rings. The van der Waals surface area contributed by atoms with E-state index >= 15 is 0 Å². The van der Waals surface area contributed by atoms with Crippen molar-refractivity contribution in [1.29, 1.82) is 0 Å². The molecule has 1 aromatic heterocycles. The Morgan fingerprint density at radius 1 is 1.00 bits per heavy atom. The molecule has 5 rings (SSSR count). The smallest absolute Gasteiger partial charge is 0.328 e. The van der Waals surface area contributed by atoms with Gasteiger partial charge in [-0.15, -0.1) is 0 Å². The van der Waals surface area contributed by atoms with Gasteiger partial charge in [0, 0.05) is 27.2 Å². The third-order valence-corrected chi connectivity index (χ3v) is 7.15. The third kappa shape index (κ3) is 3.68. The highest BCUT2D eigenvalue weighted by Crippen LogP contribution is 2.33. The number of fused-ring (bicyclic) bond motifs is 2. The summed E-state index contributed by atoms with van der Waals surface area (Å²) < 4.78 is 3.09. The summed E-state index contributed by atoms with van der Waals surface area (Å²) in [5.41, 5.74) is 4.40. The van der Waals surface area contributed by atoms with Crippen LogP contribution in [-0.2, 0) is 36.6 Å². The van der Waals surface area contributed by atoms with E-state index in [-0.39, 0.29) is 23.0 Å². The summed E-state index contributed by atoms with van der Waals surface area (Å²) in [6, 6.07) is 13.4. The van der Waals surface area contributed by atoms with Crippen LogP contribution >= 0.6 is 11.8 Å². The average molecular weight is 463 g/mol. The lowest BCUT2D eigenvalue weighted by Gasteiger charge is -2.29. The van der Waals surface area contributed by atoms with Crippen LogP contribution in [0.15, 0.2) is 52.2 Å². The topological polar surface area (TPSA) is 84.6 Å². The van der Waals surface area contributed by atoms with Crippen molar-refractivity contribution in [2.45, 2.75) is 13.0 Å². The molecule has 0 bridgehead atoms. The normalized spacial score (nSPS) is 17.3. The van der Waals surface area contributed by atoms with E-state index in [1.54, 1.807) is 41.8 Å². The van der Waals surface area contributed by atoms with E-state index in [0.29, 0.717) is 18.7 Å². The van der Waals surface area contributed by atoms with E-state index in [9.17, 15) is 19.2 Å². The first-order chi connectivity index (χ1) is 15.8. The highest BCUT2D eigenvalue weighted by Gasteiger charge is 2.37. The first-order valence-electron chi connectivity index (χ1n) is 10.6. The highest BCUT2D eigenvalue weighted by molar-refractivity contribution is 8.18. The van der Waals surface area contributed by atoms with Gasteiger partial charge in [-0.05, 0) is 53.1 Å². The van der Waals surface area contributed by atoms with Gasteiger partial charge in [0.2, 0.25) is 5.91 Å². The summed E-state index contributed by atoms with van der Waals surface area (Å²) in [4.78, 5) is 53.4. The molecule has 1 fully saturated rings. The fourth-order valence-electron chi connectivity index (χ4n) is 4.35. The lowest BCUT2D eigenvalue weighted by atomic mass is 10.00. The minimum Gasteiger partial charge on any atom is -0.336 e. The molecule has 3 heterocycles. The van der Waals surface area contributed by atoms with Crippen LogP contribution in [0.25, 0.3) is 17.1 Å². The molecular formula is C24H22N4O4S. The first kappa shape index (κ1) is 21.3. The fourth-order valence-corrected chi connectivity index (χ4v) is 5.18. The molecule has 8 nitrogen and oxygen atoms in total. The molecule has 0 N–H and O–H groups in total. The second-order valence-corrected chi connectivity index (χ2v) is 9.24. The first-order valence-corrected chi connectivity index (χ1v) is 11.4. The van der Waals surface area contributed by atoms with Crippen LogP contribution in [0, 0.1) is 0 Å². The molecule has 0 aliphatic carbocycles. The Kier molecular flexibility index (Phi) is 5.20. The van der Waals surface area contributed by atoms with E-state index in [2.05, 4.69) is 6.07 Å². The second kappa shape index (κ2) is 8.08. The Hall–Kier alpha value is -3.59. The Balaban J connectivity index is 1.33. The van der Waals surface area contributed by atoms with Crippen molar-refractivity contribution in [1.82, 2.24) is 18.9 Å². The SMILES string of the molecule is Cn1c(=O)n(C)c2cc(/C=C3/SC(=O)N(CC(=O)N4CCc5ccccc5C4)C3=O)ccc21. The molecule has 0 spiro atoms. The Morgan fingerprint density at radius 3 is 2.52 bits per heavy atom. The second-order valence-electron chi connectivity index (χ2n) is 8.25. The summed E-state index contributed by atoms with van der Waals surface area (Å²) in [5, 5.41) is -0.454. The van der Waals surface area contributed by atoms with Gasteiger partial charge in [-0.2, -0.15) is 0 Å². The predicted octanol–water partition coefficient (Wildman–Crippen LogP) is 2.50. The van der Waals surface area contributed by atoms with Crippen LogP contribution in [0.1, 0.15) is 16.7 Å². The third-order valence-electron chi connectivity index (χ3n) is 6.24. The van der Waals surface area contributed by atoms with E-state index in [1.165, 1.54) is 10.1 Å². The van der Waals surface area contributed by atoms with Crippen LogP contribution in [0.4, 0.5) is 4.79 Å². The Labute approximate surface area is 194 Å². The van der Waals surface area contributed by atoms with Crippen LogP contribution in [-0.4, -0.2) is 49.1 Å². The molecule has 33 heavy (non-hydrogen) atoms. The van der Waals surface area contributed by atoms with Crippen molar-refractivity contribution in [3.63, 3.8) is 0 Å². The molecule has 1 saturated heterocycles. The largest absolute Gasteiger partial charge is 0.336 e. The van der Waals surface area contributed by atoms with Gasteiger partial charge < -0.3 is 4.90 Å². The molecule has 2 aromatic carbocycles. The van der Waals surface area contributed by atoms with Crippen molar-refractivity contribution in [2.75, 3.05) is 13.1 Å². The monoisotopic (exact) mass is 462 g/mol. The molecular weight excluding hydrogens is 440 g/mol. The van der Waals surface area contributed by atoms with Crippen LogP contribution in [0.5, 0.6) is 0 Å². The number of carbonyl (C=O) groups is 3. The van der Waals surface area contributed by atoms with Gasteiger partial charge in [-0.25, -0.2) is 4.79 Å². The van der Waals surface area contributed by atoms with Gasteiger partial charge in [0.15, 0.2) is 0 Å². The molecule has 0 radical (unpaired) electrons. The lowest BCUT2D eigenvalue weighted by molar-refractivity contribution is -0.136. The molecule has 2 aliphatic rings. The van der Waals surface area contributed by atoms with Crippen molar-refractivity contribution in [3.8, 4) is 0 Å². The molecule has 0 atom stereocenters. The molecule has 3 amide bonds. The number of thioether (sulfide) groups is 1. The quantitative estimate of drug-likeness (QED) is 0.559. The minimum atomic E-state index is -0.474. The minimum absolute atomic E-state index is 0.138. The van der Waals surface area contributed by atoms with E-state index in [1.807, 2.05) is 24.3 Å². The van der Waals surface area contributed by atoms with Crippen molar-refractivity contribution in [2.24, 2.45) is 14.1 Å². The summed E-state index contributed by atoms with van der Waals surface area (Å²) in [5.74, 6) is -0.716. The van der Waals surface area contributed by atoms with E-state index < -0.39 is 11.1 Å². The predicted molar refractivity (Wildman–Crippen MR) is 126 cm³/mol. The van der Waals surface area contributed by atoms with E-state index in [0.717, 1.165) is 39.7 Å². The number of imidazole rings is 1. The zero-order chi connectivity index (χ0) is 23.3. The van der Waals surface area contributed by atoms with Gasteiger partial charge >= 0.3 is 5.69 Å². The number of aryl methyl sites for hydroxylation is 2. The summed E-state index contributed by atoms with van der Waals surface area (Å²) in [7, 11) is 3.39. The van der Waals surface area contributed by atoms with Crippen LogP contribution in [0.2, 0.25) is 0 Å². The van der Waals surface area contributed by atoms with Crippen molar-refractivity contribution >= 4 is 45.9 Å². The number of hydrogen-bond donors (Lipinski definition) is 0. The summed E-state index contributed by atoms with van der Waals surface area (Å²) >= 11 is 0.826. The number of rotatable bonds is 3. The van der Waals surface area contributed by atoms with Crippen molar-refractivity contribution in [3.05, 3.63) is 74.5 Å². The van der Waals surface area contributed by atoms with Gasteiger partial charge in [-0.3, -0.25) is 28.4 Å². The number of benzene rings is 2. The number of nitrogens with zero attached hydrogens (tertiary/aromatic N) is 4. The number of imide groups is 1. The average Bonchev–Trinajstić information content (AvgIpc) is 3.20. The molecule has 0 unspecified atom stereocenters. The number of hydrogen-bond acceptors (Lipinski definition) is 5. The molecule has 0 saturated carbocycles. The number of carbonyl (C=O) groups excluding carboxylic acids is 3. The lowest BCUT2D eigenvalue weighted by Crippen LogP contribution is -2.44. The molecule has 2 aliphatic heterocycles. The van der Waals surface area contributed by atoms with Crippen LogP contribution < -0.4 is 5.69 Å². The fraction of sp³-hybridized carbons (Fsp3) is 0.250. The number of amides is 3. The standard InChI is InChI=1S/C24H22N4O4S/c1-25-18-8-7-15(11-19(18)26(2)23(25)31)12-20-22(30)28(24(32)33-20)14-21(29)27-10-9-16-5-3-4-6-17(16)13-27/h3-8,11-12H,9-10,13-14H2,1-2H3/b20-12+. The van der Waals surface area contributed by atoms with Gasteiger partial charge in [0.1, 0.15) is 6.54 Å². The Morgan fingerprint density at radius 2 is 1.73 bits per heavy atom. The van der Waals surface area contributed by atoms with Crippen LogP contribution in [0.3, 0.4) is 0 Å². The maximum atomic E-state index is 12.9. The Bertz CT molecular complexity index is 1420.